The quantitative estimate of drug-likeness (QED) is 0.149. The maximum atomic E-state index is 11.3. The lowest BCUT2D eigenvalue weighted by molar-refractivity contribution is -0.143. The number of carbonyl (C=O) groups is 1. The second kappa shape index (κ2) is 12.3. The van der Waals surface area contributed by atoms with Crippen molar-refractivity contribution < 1.29 is 27.4 Å². The van der Waals surface area contributed by atoms with Crippen LogP contribution in [0.2, 0.25) is 32.2 Å². The molecule has 9 heteroatoms. The van der Waals surface area contributed by atoms with Gasteiger partial charge in [0.2, 0.25) is 0 Å². The Balaban J connectivity index is 4.17. The lowest BCUT2D eigenvalue weighted by atomic mass is 10.3. The van der Waals surface area contributed by atoms with Crippen molar-refractivity contribution in [3.8, 4) is 0 Å². The molecule has 0 radical (unpaired) electrons. The highest BCUT2D eigenvalue weighted by molar-refractivity contribution is 7.96. The average Bonchev–Trinajstić information content (AvgIpc) is 2.48. The molecule has 0 aliphatic heterocycles. The van der Waals surface area contributed by atoms with Crippen LogP contribution >= 0.6 is 12.0 Å². The molecule has 0 aliphatic carbocycles. The van der Waals surface area contributed by atoms with E-state index in [-0.39, 0.29) is 13.2 Å². The van der Waals surface area contributed by atoms with Gasteiger partial charge >= 0.3 is 14.5 Å². The maximum absolute atomic E-state index is 11.3. The summed E-state index contributed by atoms with van der Waals surface area (Å²) in [5.41, 5.74) is 0.309. The number of carbonyl (C=O) groups excluding carboxylic acids is 1. The molecule has 2 atom stereocenters. The standard InChI is InChI=1S/C17H36O6SSi2/c1-14(2)17(19)21-13-16(18)12-20-10-9-11-26(8,22-24-15(3)4)23-25(5,6)7/h15-16,18H,1,9-13H2,2-8H3. The molecule has 0 aromatic carbocycles. The number of rotatable bonds is 14. The minimum Gasteiger partial charge on any atom is -0.460 e. The van der Waals surface area contributed by atoms with E-state index in [4.69, 9.17) is 17.5 Å². The molecule has 0 aromatic heterocycles. The Kier molecular flexibility index (Phi) is 12.2. The fourth-order valence-electron chi connectivity index (χ4n) is 2.01. The molecule has 1 N–H and O–H groups in total. The van der Waals surface area contributed by atoms with Gasteiger partial charge in [0, 0.05) is 17.4 Å². The van der Waals surface area contributed by atoms with Crippen LogP contribution in [0.5, 0.6) is 0 Å². The van der Waals surface area contributed by atoms with Gasteiger partial charge in [-0.2, -0.15) is 0 Å². The van der Waals surface area contributed by atoms with Crippen molar-refractivity contribution in [2.45, 2.75) is 70.8 Å². The van der Waals surface area contributed by atoms with E-state index >= 15 is 0 Å². The Bertz CT molecular complexity index is 441. The van der Waals surface area contributed by atoms with Crippen molar-refractivity contribution in [3.63, 3.8) is 0 Å². The zero-order valence-electron chi connectivity index (χ0n) is 17.3. The SMILES string of the molecule is C=C(C)C(=O)OCC(O)COCCC[Si](C)(OSC(C)C)O[Si](C)(C)C. The number of ether oxygens (including phenoxy) is 2. The summed E-state index contributed by atoms with van der Waals surface area (Å²) < 4.78 is 22.8. The van der Waals surface area contributed by atoms with Crippen molar-refractivity contribution in [1.82, 2.24) is 0 Å². The molecule has 0 saturated heterocycles. The summed E-state index contributed by atoms with van der Waals surface area (Å²) in [6, 6.07) is 0.831. The third-order valence-electron chi connectivity index (χ3n) is 2.92. The summed E-state index contributed by atoms with van der Waals surface area (Å²) in [6.45, 7) is 18.4. The summed E-state index contributed by atoms with van der Waals surface area (Å²) in [7, 11) is -3.96. The van der Waals surface area contributed by atoms with E-state index in [1.165, 1.54) is 12.0 Å². The first-order valence-electron chi connectivity index (χ1n) is 8.98. The van der Waals surface area contributed by atoms with Gasteiger partial charge in [0.15, 0.2) is 8.32 Å². The smallest absolute Gasteiger partial charge is 0.338 e. The van der Waals surface area contributed by atoms with Gasteiger partial charge in [-0.3, -0.25) is 0 Å². The highest BCUT2D eigenvalue weighted by Crippen LogP contribution is 2.27. The fourth-order valence-corrected chi connectivity index (χ4v) is 10.7. The highest BCUT2D eigenvalue weighted by atomic mass is 32.2. The van der Waals surface area contributed by atoms with E-state index in [1.807, 2.05) is 0 Å². The molecule has 154 valence electrons. The molecule has 26 heavy (non-hydrogen) atoms. The summed E-state index contributed by atoms with van der Waals surface area (Å²) in [4.78, 5) is 11.3. The molecule has 0 amide bonds. The fraction of sp³-hybridized carbons (Fsp3) is 0.824. The second-order valence-electron chi connectivity index (χ2n) is 7.79. The number of hydrogen-bond acceptors (Lipinski definition) is 7. The molecule has 6 nitrogen and oxygen atoms in total. The van der Waals surface area contributed by atoms with Crippen LogP contribution < -0.4 is 0 Å². The molecule has 0 aromatic rings. The number of aliphatic hydroxyl groups is 1. The van der Waals surface area contributed by atoms with E-state index in [2.05, 4.69) is 46.6 Å². The summed E-state index contributed by atoms with van der Waals surface area (Å²) in [5.74, 6) is -0.505. The van der Waals surface area contributed by atoms with Gasteiger partial charge in [-0.05, 0) is 57.6 Å². The Morgan fingerprint density at radius 2 is 1.81 bits per heavy atom. The van der Waals surface area contributed by atoms with Crippen LogP contribution in [-0.4, -0.2) is 59.1 Å². The topological polar surface area (TPSA) is 74.2 Å². The van der Waals surface area contributed by atoms with E-state index in [9.17, 15) is 9.90 Å². The lowest BCUT2D eigenvalue weighted by Crippen LogP contribution is -2.46. The molecule has 0 aliphatic rings. The molecule has 0 saturated carbocycles. The predicted octanol–water partition coefficient (Wildman–Crippen LogP) is 3.87. The first-order valence-corrected chi connectivity index (χ1v) is 15.7. The molecule has 0 fully saturated rings. The van der Waals surface area contributed by atoms with Crippen LogP contribution in [0, 0.1) is 0 Å². The number of hydrogen-bond donors (Lipinski definition) is 1. The van der Waals surface area contributed by atoms with Gasteiger partial charge in [0.1, 0.15) is 12.7 Å². The maximum Gasteiger partial charge on any atom is 0.338 e. The van der Waals surface area contributed by atoms with Gasteiger partial charge in [0.05, 0.1) is 6.61 Å². The van der Waals surface area contributed by atoms with Gasteiger partial charge in [-0.15, -0.1) is 0 Å². The molecular weight excluding hydrogens is 388 g/mol. The van der Waals surface area contributed by atoms with E-state index < -0.39 is 29.0 Å². The highest BCUT2D eigenvalue weighted by Gasteiger charge is 2.37. The Labute approximate surface area is 165 Å². The Morgan fingerprint density at radius 1 is 1.19 bits per heavy atom. The van der Waals surface area contributed by atoms with Crippen molar-refractivity contribution in [3.05, 3.63) is 12.2 Å². The third kappa shape index (κ3) is 14.0. The van der Waals surface area contributed by atoms with Crippen LogP contribution in [0.4, 0.5) is 0 Å². The van der Waals surface area contributed by atoms with Crippen molar-refractivity contribution >= 4 is 34.9 Å². The summed E-state index contributed by atoms with van der Waals surface area (Å²) in [6.07, 6.45) is -0.0441. The Morgan fingerprint density at radius 3 is 2.31 bits per heavy atom. The van der Waals surface area contributed by atoms with Gasteiger partial charge in [-0.1, -0.05) is 20.4 Å². The molecule has 0 spiro atoms. The minimum atomic E-state index is -2.26. The zero-order chi connectivity index (χ0) is 20.4. The van der Waals surface area contributed by atoms with E-state index in [0.29, 0.717) is 17.4 Å². The molecule has 0 heterocycles. The zero-order valence-corrected chi connectivity index (χ0v) is 20.1. The predicted molar refractivity (Wildman–Crippen MR) is 112 cm³/mol. The Hall–Kier alpha value is -0.166. The van der Waals surface area contributed by atoms with Crippen LogP contribution in [0.3, 0.4) is 0 Å². The number of esters is 1. The van der Waals surface area contributed by atoms with Crippen molar-refractivity contribution in [2.75, 3.05) is 19.8 Å². The van der Waals surface area contributed by atoms with Gasteiger partial charge in [-0.25, -0.2) is 4.79 Å². The first kappa shape index (κ1) is 25.8. The van der Waals surface area contributed by atoms with Crippen molar-refractivity contribution in [1.29, 1.82) is 0 Å². The number of aliphatic hydroxyl groups excluding tert-OH is 1. The van der Waals surface area contributed by atoms with Crippen LogP contribution in [0.25, 0.3) is 0 Å². The van der Waals surface area contributed by atoms with Gasteiger partial charge < -0.3 is 22.6 Å². The summed E-state index contributed by atoms with van der Waals surface area (Å²) >= 11 is 1.48. The second-order valence-corrected chi connectivity index (χ2v) is 17.4. The monoisotopic (exact) mass is 424 g/mol. The average molecular weight is 425 g/mol. The largest absolute Gasteiger partial charge is 0.460 e. The summed E-state index contributed by atoms with van der Waals surface area (Å²) in [5, 5.41) is 10.2. The minimum absolute atomic E-state index is 0.0922. The lowest BCUT2D eigenvalue weighted by Gasteiger charge is -2.33. The van der Waals surface area contributed by atoms with Crippen molar-refractivity contribution in [2.24, 2.45) is 0 Å². The molecule has 2 unspecified atom stereocenters. The van der Waals surface area contributed by atoms with Crippen LogP contribution in [-0.2, 0) is 22.3 Å². The first-order chi connectivity index (χ1) is 11.8. The normalized spacial score (nSPS) is 15.6. The van der Waals surface area contributed by atoms with Crippen LogP contribution in [0.1, 0.15) is 27.2 Å². The van der Waals surface area contributed by atoms with E-state index in [1.54, 1.807) is 6.92 Å². The van der Waals surface area contributed by atoms with E-state index in [0.717, 1.165) is 12.5 Å². The van der Waals surface area contributed by atoms with Crippen LogP contribution in [0.15, 0.2) is 12.2 Å². The molecular formula is C17H36O6SSi2. The molecule has 0 rings (SSSR count). The van der Waals surface area contributed by atoms with Gasteiger partial charge in [0.25, 0.3) is 0 Å². The third-order valence-corrected chi connectivity index (χ3v) is 10.5. The molecule has 0 bridgehead atoms.